The SMILES string of the molecule is Cc1cc(NC(=O)c2ccco2)sc1C(=O)N(Cc1ccccc1)C1CC1. The number of rotatable bonds is 6. The molecule has 0 spiro atoms. The monoisotopic (exact) mass is 380 g/mol. The first-order valence-corrected chi connectivity index (χ1v) is 9.73. The van der Waals surface area contributed by atoms with Gasteiger partial charge in [-0.2, -0.15) is 0 Å². The fraction of sp³-hybridized carbons (Fsp3) is 0.238. The molecule has 1 aromatic carbocycles. The molecule has 27 heavy (non-hydrogen) atoms. The second-order valence-electron chi connectivity index (χ2n) is 6.70. The summed E-state index contributed by atoms with van der Waals surface area (Å²) < 4.78 is 5.11. The Bertz CT molecular complexity index is 943. The lowest BCUT2D eigenvalue weighted by molar-refractivity contribution is 0.0734. The van der Waals surface area contributed by atoms with Crippen LogP contribution in [-0.2, 0) is 6.54 Å². The molecule has 2 aromatic heterocycles. The van der Waals surface area contributed by atoms with Crippen molar-refractivity contribution in [3.8, 4) is 0 Å². The molecule has 0 radical (unpaired) electrons. The zero-order valence-electron chi connectivity index (χ0n) is 15.0. The number of aryl methyl sites for hydroxylation is 1. The van der Waals surface area contributed by atoms with E-state index in [0.29, 0.717) is 22.5 Å². The topological polar surface area (TPSA) is 62.6 Å². The van der Waals surface area contributed by atoms with Gasteiger partial charge in [-0.15, -0.1) is 11.3 Å². The van der Waals surface area contributed by atoms with E-state index in [1.54, 1.807) is 12.1 Å². The van der Waals surface area contributed by atoms with Gasteiger partial charge in [0.25, 0.3) is 11.8 Å². The zero-order valence-corrected chi connectivity index (χ0v) is 15.8. The van der Waals surface area contributed by atoms with Gasteiger partial charge >= 0.3 is 0 Å². The first kappa shape index (κ1) is 17.5. The summed E-state index contributed by atoms with van der Waals surface area (Å²) in [6.07, 6.45) is 3.55. The van der Waals surface area contributed by atoms with E-state index in [0.717, 1.165) is 24.0 Å². The smallest absolute Gasteiger partial charge is 0.291 e. The molecule has 0 aliphatic heterocycles. The molecule has 0 bridgehead atoms. The molecule has 6 heteroatoms. The number of carbonyl (C=O) groups excluding carboxylic acids is 2. The van der Waals surface area contributed by atoms with E-state index in [-0.39, 0.29) is 17.6 Å². The van der Waals surface area contributed by atoms with Gasteiger partial charge in [-0.25, -0.2) is 0 Å². The standard InChI is InChI=1S/C21H20N2O3S/c1-14-12-18(22-20(24)17-8-5-11-26-17)27-19(14)21(25)23(16-9-10-16)13-15-6-3-2-4-7-15/h2-8,11-12,16H,9-10,13H2,1H3,(H,22,24). The predicted octanol–water partition coefficient (Wildman–Crippen LogP) is 4.71. The second kappa shape index (κ2) is 7.40. The fourth-order valence-corrected chi connectivity index (χ4v) is 4.02. The minimum absolute atomic E-state index is 0.0300. The lowest BCUT2D eigenvalue weighted by Gasteiger charge is -2.22. The molecule has 2 amide bonds. The zero-order chi connectivity index (χ0) is 18.8. The lowest BCUT2D eigenvalue weighted by atomic mass is 10.2. The van der Waals surface area contributed by atoms with E-state index in [1.165, 1.54) is 17.6 Å². The number of hydrogen-bond donors (Lipinski definition) is 1. The second-order valence-corrected chi connectivity index (χ2v) is 7.76. The lowest BCUT2D eigenvalue weighted by Crippen LogP contribution is -2.32. The van der Waals surface area contributed by atoms with Gasteiger partial charge in [0.05, 0.1) is 16.1 Å². The molecule has 4 rings (SSSR count). The quantitative estimate of drug-likeness (QED) is 0.674. The van der Waals surface area contributed by atoms with Crippen LogP contribution in [0.4, 0.5) is 5.00 Å². The third-order valence-corrected chi connectivity index (χ3v) is 5.68. The molecule has 1 aliphatic carbocycles. The molecule has 0 unspecified atom stereocenters. The Kier molecular flexibility index (Phi) is 4.81. The van der Waals surface area contributed by atoms with Crippen LogP contribution in [0, 0.1) is 6.92 Å². The molecular weight excluding hydrogens is 360 g/mol. The maximum atomic E-state index is 13.2. The van der Waals surface area contributed by atoms with Crippen molar-refractivity contribution in [2.75, 3.05) is 5.32 Å². The Morgan fingerprint density at radius 3 is 2.63 bits per heavy atom. The Morgan fingerprint density at radius 1 is 1.19 bits per heavy atom. The van der Waals surface area contributed by atoms with Crippen molar-refractivity contribution >= 4 is 28.2 Å². The van der Waals surface area contributed by atoms with Crippen molar-refractivity contribution in [3.05, 3.63) is 76.6 Å². The van der Waals surface area contributed by atoms with E-state index in [1.807, 2.05) is 48.2 Å². The summed E-state index contributed by atoms with van der Waals surface area (Å²) in [5.74, 6) is -0.0384. The molecule has 0 saturated heterocycles. The average molecular weight is 380 g/mol. The highest BCUT2D eigenvalue weighted by atomic mass is 32.1. The molecular formula is C21H20N2O3S. The summed E-state index contributed by atoms with van der Waals surface area (Å²) in [5, 5.41) is 3.46. The van der Waals surface area contributed by atoms with Crippen LogP contribution in [0.25, 0.3) is 0 Å². The van der Waals surface area contributed by atoms with Crippen LogP contribution in [0.15, 0.2) is 59.2 Å². The molecule has 1 aliphatic rings. The number of furan rings is 1. The molecule has 2 heterocycles. The molecule has 5 nitrogen and oxygen atoms in total. The predicted molar refractivity (Wildman–Crippen MR) is 105 cm³/mol. The van der Waals surface area contributed by atoms with E-state index in [4.69, 9.17) is 4.42 Å². The summed E-state index contributed by atoms with van der Waals surface area (Å²) in [7, 11) is 0. The van der Waals surface area contributed by atoms with Crippen molar-refractivity contribution in [1.29, 1.82) is 0 Å². The van der Waals surface area contributed by atoms with Gasteiger partial charge in [-0.3, -0.25) is 9.59 Å². The van der Waals surface area contributed by atoms with Gasteiger partial charge in [0, 0.05) is 12.6 Å². The molecule has 1 saturated carbocycles. The third-order valence-electron chi connectivity index (χ3n) is 4.54. The highest BCUT2D eigenvalue weighted by Crippen LogP contribution is 2.34. The summed E-state index contributed by atoms with van der Waals surface area (Å²) in [5.41, 5.74) is 2.00. The van der Waals surface area contributed by atoms with E-state index in [9.17, 15) is 9.59 Å². The molecule has 3 aromatic rings. The summed E-state index contributed by atoms with van der Waals surface area (Å²) in [4.78, 5) is 28.0. The summed E-state index contributed by atoms with van der Waals surface area (Å²) in [6, 6.07) is 15.5. The number of hydrogen-bond acceptors (Lipinski definition) is 4. The highest BCUT2D eigenvalue weighted by molar-refractivity contribution is 7.18. The first-order chi connectivity index (χ1) is 13.1. The molecule has 0 atom stereocenters. The van der Waals surface area contributed by atoms with Gasteiger partial charge in [-0.05, 0) is 49.1 Å². The Balaban J connectivity index is 1.52. The highest BCUT2D eigenvalue weighted by Gasteiger charge is 2.34. The van der Waals surface area contributed by atoms with Crippen LogP contribution in [0.2, 0.25) is 0 Å². The molecule has 1 fully saturated rings. The van der Waals surface area contributed by atoms with Crippen LogP contribution in [-0.4, -0.2) is 22.8 Å². The van der Waals surface area contributed by atoms with Gasteiger partial charge < -0.3 is 14.6 Å². The van der Waals surface area contributed by atoms with E-state index in [2.05, 4.69) is 5.32 Å². The van der Waals surface area contributed by atoms with Crippen molar-refractivity contribution < 1.29 is 14.0 Å². The van der Waals surface area contributed by atoms with Gasteiger partial charge in [0.2, 0.25) is 0 Å². The number of anilines is 1. The molecule has 138 valence electrons. The summed E-state index contributed by atoms with van der Waals surface area (Å²) >= 11 is 1.31. The van der Waals surface area contributed by atoms with Crippen LogP contribution < -0.4 is 5.32 Å². The number of nitrogens with zero attached hydrogens (tertiary/aromatic N) is 1. The van der Waals surface area contributed by atoms with Crippen LogP contribution in [0.1, 0.15) is 44.2 Å². The minimum atomic E-state index is -0.316. The van der Waals surface area contributed by atoms with Gasteiger partial charge in [0.15, 0.2) is 5.76 Å². The van der Waals surface area contributed by atoms with Crippen molar-refractivity contribution in [2.24, 2.45) is 0 Å². The maximum Gasteiger partial charge on any atom is 0.291 e. The van der Waals surface area contributed by atoms with Crippen LogP contribution in [0.3, 0.4) is 0 Å². The first-order valence-electron chi connectivity index (χ1n) is 8.92. The third kappa shape index (κ3) is 3.95. The summed E-state index contributed by atoms with van der Waals surface area (Å²) in [6.45, 7) is 2.51. The minimum Gasteiger partial charge on any atom is -0.459 e. The number of nitrogens with one attached hydrogen (secondary N) is 1. The van der Waals surface area contributed by atoms with Crippen molar-refractivity contribution in [1.82, 2.24) is 4.90 Å². The van der Waals surface area contributed by atoms with Crippen LogP contribution in [0.5, 0.6) is 0 Å². The number of thiophene rings is 1. The average Bonchev–Trinajstić information content (AvgIpc) is 3.22. The number of carbonyl (C=O) groups is 2. The van der Waals surface area contributed by atoms with Crippen LogP contribution >= 0.6 is 11.3 Å². The Hall–Kier alpha value is -2.86. The van der Waals surface area contributed by atoms with E-state index < -0.39 is 0 Å². The van der Waals surface area contributed by atoms with Crippen molar-refractivity contribution in [3.63, 3.8) is 0 Å². The number of benzene rings is 1. The maximum absolute atomic E-state index is 13.2. The Labute approximate surface area is 161 Å². The van der Waals surface area contributed by atoms with E-state index >= 15 is 0 Å². The largest absolute Gasteiger partial charge is 0.459 e. The normalized spacial score (nSPS) is 13.4. The van der Waals surface area contributed by atoms with Gasteiger partial charge in [-0.1, -0.05) is 30.3 Å². The molecule has 1 N–H and O–H groups in total. The van der Waals surface area contributed by atoms with Crippen molar-refractivity contribution in [2.45, 2.75) is 32.4 Å². The fourth-order valence-electron chi connectivity index (χ4n) is 3.00. The Morgan fingerprint density at radius 2 is 1.96 bits per heavy atom. The van der Waals surface area contributed by atoms with Gasteiger partial charge in [0.1, 0.15) is 0 Å². The number of amides is 2.